The third-order valence-electron chi connectivity index (χ3n) is 4.07. The minimum atomic E-state index is -0.925. The summed E-state index contributed by atoms with van der Waals surface area (Å²) in [7, 11) is 1.34. The van der Waals surface area contributed by atoms with Crippen LogP contribution in [0.4, 0.5) is 0 Å². The van der Waals surface area contributed by atoms with Gasteiger partial charge < -0.3 is 9.47 Å². The predicted molar refractivity (Wildman–Crippen MR) is 56.9 cm³/mol. The van der Waals surface area contributed by atoms with E-state index in [1.807, 2.05) is 0 Å². The van der Waals surface area contributed by atoms with Crippen molar-refractivity contribution in [1.82, 2.24) is 0 Å². The van der Waals surface area contributed by atoms with Crippen molar-refractivity contribution in [2.45, 2.75) is 32.6 Å². The number of ketones is 1. The van der Waals surface area contributed by atoms with Crippen molar-refractivity contribution in [3.63, 3.8) is 0 Å². The van der Waals surface area contributed by atoms with E-state index in [1.54, 1.807) is 6.92 Å². The summed E-state index contributed by atoms with van der Waals surface area (Å²) in [5, 5.41) is 0. The van der Waals surface area contributed by atoms with Gasteiger partial charge in [-0.25, -0.2) is 0 Å². The van der Waals surface area contributed by atoms with Crippen molar-refractivity contribution in [3.05, 3.63) is 0 Å². The van der Waals surface area contributed by atoms with Gasteiger partial charge in [-0.2, -0.15) is 0 Å². The molecule has 1 atom stereocenters. The summed E-state index contributed by atoms with van der Waals surface area (Å²) < 4.78 is 10.1. The zero-order valence-corrected chi connectivity index (χ0v) is 9.88. The number of Topliss-reactive ketones (excluding diaryl/α,β-unsaturated/α-hetero) is 1. The van der Waals surface area contributed by atoms with Gasteiger partial charge in [-0.15, -0.1) is 0 Å². The summed E-state index contributed by atoms with van der Waals surface area (Å²) >= 11 is 0. The first-order chi connectivity index (χ1) is 7.52. The van der Waals surface area contributed by atoms with Gasteiger partial charge in [0, 0.05) is 19.6 Å². The van der Waals surface area contributed by atoms with Gasteiger partial charge >= 0.3 is 5.97 Å². The molecule has 1 spiro atoms. The van der Waals surface area contributed by atoms with Crippen LogP contribution in [0.5, 0.6) is 0 Å². The van der Waals surface area contributed by atoms with Crippen molar-refractivity contribution >= 4 is 11.8 Å². The molecule has 0 amide bonds. The van der Waals surface area contributed by atoms with E-state index >= 15 is 0 Å². The van der Waals surface area contributed by atoms with Gasteiger partial charge in [0.25, 0.3) is 0 Å². The molecule has 2 fully saturated rings. The molecule has 2 aliphatic rings. The average Bonchev–Trinajstić information content (AvgIpc) is 2.51. The first-order valence-corrected chi connectivity index (χ1v) is 5.72. The van der Waals surface area contributed by atoms with Crippen LogP contribution < -0.4 is 0 Å². The molecule has 16 heavy (non-hydrogen) atoms. The molecule has 1 saturated carbocycles. The zero-order chi connectivity index (χ0) is 11.8. The SMILES string of the molecule is COC(=O)C1(C)CC2(CCOCC2)CC1=O. The zero-order valence-electron chi connectivity index (χ0n) is 9.88. The molecule has 1 unspecified atom stereocenters. The lowest BCUT2D eigenvalue weighted by atomic mass is 9.75. The normalized spacial score (nSPS) is 33.0. The van der Waals surface area contributed by atoms with Crippen molar-refractivity contribution < 1.29 is 19.1 Å². The second-order valence-electron chi connectivity index (χ2n) is 5.21. The van der Waals surface area contributed by atoms with Crippen LogP contribution in [0.3, 0.4) is 0 Å². The number of carbonyl (C=O) groups excluding carboxylic acids is 2. The lowest BCUT2D eigenvalue weighted by Crippen LogP contribution is -2.34. The van der Waals surface area contributed by atoms with Gasteiger partial charge in [0.2, 0.25) is 0 Å². The first kappa shape index (κ1) is 11.6. The maximum Gasteiger partial charge on any atom is 0.319 e. The van der Waals surface area contributed by atoms with E-state index in [0.717, 1.165) is 12.8 Å². The maximum absolute atomic E-state index is 12.0. The van der Waals surface area contributed by atoms with E-state index in [4.69, 9.17) is 9.47 Å². The second kappa shape index (κ2) is 3.84. The van der Waals surface area contributed by atoms with Gasteiger partial charge in [0.1, 0.15) is 11.2 Å². The number of rotatable bonds is 1. The smallest absolute Gasteiger partial charge is 0.319 e. The van der Waals surface area contributed by atoms with Crippen LogP contribution in [-0.2, 0) is 19.1 Å². The molecule has 0 radical (unpaired) electrons. The molecule has 0 bridgehead atoms. The predicted octanol–water partition coefficient (Wildman–Crippen LogP) is 1.33. The lowest BCUT2D eigenvalue weighted by molar-refractivity contribution is -0.155. The quantitative estimate of drug-likeness (QED) is 0.500. The van der Waals surface area contributed by atoms with Crippen LogP contribution in [0.25, 0.3) is 0 Å². The molecular weight excluding hydrogens is 208 g/mol. The highest BCUT2D eigenvalue weighted by Gasteiger charge is 2.56. The molecule has 4 heteroatoms. The van der Waals surface area contributed by atoms with Crippen LogP contribution in [0.15, 0.2) is 0 Å². The number of methoxy groups -OCH3 is 1. The molecule has 90 valence electrons. The first-order valence-electron chi connectivity index (χ1n) is 5.72. The highest BCUT2D eigenvalue weighted by atomic mass is 16.5. The molecule has 0 aromatic carbocycles. The fourth-order valence-corrected chi connectivity index (χ4v) is 3.02. The van der Waals surface area contributed by atoms with Crippen LogP contribution >= 0.6 is 0 Å². The van der Waals surface area contributed by atoms with Gasteiger partial charge in [-0.05, 0) is 31.6 Å². The Morgan fingerprint density at radius 3 is 2.56 bits per heavy atom. The molecule has 1 aliphatic carbocycles. The number of esters is 1. The largest absolute Gasteiger partial charge is 0.468 e. The van der Waals surface area contributed by atoms with Crippen molar-refractivity contribution in [1.29, 1.82) is 0 Å². The summed E-state index contributed by atoms with van der Waals surface area (Å²) in [4.78, 5) is 23.7. The maximum atomic E-state index is 12.0. The molecular formula is C12H18O4. The number of carbonyl (C=O) groups is 2. The topological polar surface area (TPSA) is 52.6 Å². The molecule has 2 rings (SSSR count). The summed E-state index contributed by atoms with van der Waals surface area (Å²) in [5.41, 5.74) is -0.940. The minimum absolute atomic E-state index is 0.0156. The average molecular weight is 226 g/mol. The fourth-order valence-electron chi connectivity index (χ4n) is 3.02. The van der Waals surface area contributed by atoms with Gasteiger partial charge in [-0.1, -0.05) is 0 Å². The number of ether oxygens (including phenoxy) is 2. The lowest BCUT2D eigenvalue weighted by Gasteiger charge is -2.33. The van der Waals surface area contributed by atoms with E-state index < -0.39 is 5.41 Å². The van der Waals surface area contributed by atoms with Crippen molar-refractivity contribution in [2.75, 3.05) is 20.3 Å². The fraction of sp³-hybridized carbons (Fsp3) is 0.833. The minimum Gasteiger partial charge on any atom is -0.468 e. The summed E-state index contributed by atoms with van der Waals surface area (Å²) in [6.45, 7) is 3.11. The molecule has 1 aliphatic heterocycles. The summed E-state index contributed by atoms with van der Waals surface area (Å²) in [6.07, 6.45) is 2.88. The van der Waals surface area contributed by atoms with E-state index in [9.17, 15) is 9.59 Å². The van der Waals surface area contributed by atoms with Crippen LogP contribution in [0.2, 0.25) is 0 Å². The Hall–Kier alpha value is -0.900. The van der Waals surface area contributed by atoms with E-state index in [2.05, 4.69) is 0 Å². The Bertz CT molecular complexity index is 317. The van der Waals surface area contributed by atoms with Crippen molar-refractivity contribution in [2.24, 2.45) is 10.8 Å². The second-order valence-corrected chi connectivity index (χ2v) is 5.21. The van der Waals surface area contributed by atoms with Gasteiger partial charge in [0.15, 0.2) is 0 Å². The molecule has 0 aromatic heterocycles. The van der Waals surface area contributed by atoms with Crippen LogP contribution in [0.1, 0.15) is 32.6 Å². The molecule has 0 N–H and O–H groups in total. The molecule has 4 nitrogen and oxygen atoms in total. The third kappa shape index (κ3) is 1.65. The Morgan fingerprint density at radius 2 is 2.00 bits per heavy atom. The Balaban J connectivity index is 2.20. The van der Waals surface area contributed by atoms with Gasteiger partial charge in [0.05, 0.1) is 7.11 Å². The van der Waals surface area contributed by atoms with E-state index in [0.29, 0.717) is 26.1 Å². The Labute approximate surface area is 95.3 Å². The van der Waals surface area contributed by atoms with Crippen LogP contribution in [0, 0.1) is 10.8 Å². The Morgan fingerprint density at radius 1 is 1.38 bits per heavy atom. The highest BCUT2D eigenvalue weighted by molar-refractivity contribution is 6.05. The molecule has 1 heterocycles. The summed E-state index contributed by atoms with van der Waals surface area (Å²) in [5.74, 6) is -0.359. The highest BCUT2D eigenvalue weighted by Crippen LogP contribution is 2.52. The number of hydrogen-bond acceptors (Lipinski definition) is 4. The van der Waals surface area contributed by atoms with Crippen molar-refractivity contribution in [3.8, 4) is 0 Å². The standard InChI is InChI=1S/C12H18O4/c1-11(10(14)15-2)8-12(7-9(11)13)3-5-16-6-4-12/h3-8H2,1-2H3. The molecule has 0 aromatic rings. The van der Waals surface area contributed by atoms with Gasteiger partial charge in [-0.3, -0.25) is 9.59 Å². The van der Waals surface area contributed by atoms with E-state index in [-0.39, 0.29) is 17.2 Å². The molecule has 1 saturated heterocycles. The Kier molecular flexibility index (Phi) is 2.78. The summed E-state index contributed by atoms with van der Waals surface area (Å²) in [6, 6.07) is 0. The number of hydrogen-bond donors (Lipinski definition) is 0. The van der Waals surface area contributed by atoms with E-state index in [1.165, 1.54) is 7.11 Å². The van der Waals surface area contributed by atoms with Crippen LogP contribution in [-0.4, -0.2) is 32.1 Å². The monoisotopic (exact) mass is 226 g/mol. The third-order valence-corrected chi connectivity index (χ3v) is 4.07.